The Bertz CT molecular complexity index is 529. The summed E-state index contributed by atoms with van der Waals surface area (Å²) >= 11 is 0. The number of ether oxygens (including phenoxy) is 1. The van der Waals surface area contributed by atoms with Crippen LogP contribution in [-0.2, 0) is 0 Å². The first-order chi connectivity index (χ1) is 11.3. The van der Waals surface area contributed by atoms with Crippen molar-refractivity contribution in [1.29, 1.82) is 0 Å². The number of nitrogens with zero attached hydrogens (tertiary/aromatic N) is 2. The van der Waals surface area contributed by atoms with Crippen LogP contribution in [0.3, 0.4) is 0 Å². The van der Waals surface area contributed by atoms with Crippen LogP contribution in [0.25, 0.3) is 0 Å². The summed E-state index contributed by atoms with van der Waals surface area (Å²) in [4.78, 5) is 17.3. The summed E-state index contributed by atoms with van der Waals surface area (Å²) in [5.74, 6) is 0.917. The summed E-state index contributed by atoms with van der Waals surface area (Å²) in [6.07, 6.45) is 2.05. The number of nitrogens with one attached hydrogen (secondary N) is 1. The van der Waals surface area contributed by atoms with E-state index in [1.54, 1.807) is 0 Å². The SMILES string of the molecule is CCCOc1cccc(C(=O)N2CCC(N3CCNCC3)C2)c1. The predicted molar refractivity (Wildman–Crippen MR) is 91.0 cm³/mol. The first kappa shape index (κ1) is 16.3. The number of amides is 1. The van der Waals surface area contributed by atoms with Crippen LogP contribution in [-0.4, -0.2) is 67.6 Å². The lowest BCUT2D eigenvalue weighted by atomic mass is 10.2. The number of carbonyl (C=O) groups excluding carboxylic acids is 1. The van der Waals surface area contributed by atoms with E-state index >= 15 is 0 Å². The van der Waals surface area contributed by atoms with E-state index in [4.69, 9.17) is 4.74 Å². The van der Waals surface area contributed by atoms with Crippen molar-refractivity contribution in [3.63, 3.8) is 0 Å². The van der Waals surface area contributed by atoms with E-state index in [2.05, 4.69) is 17.1 Å². The molecule has 1 aromatic carbocycles. The molecule has 0 bridgehead atoms. The molecule has 1 atom stereocenters. The van der Waals surface area contributed by atoms with Gasteiger partial charge in [-0.1, -0.05) is 13.0 Å². The van der Waals surface area contributed by atoms with Gasteiger partial charge >= 0.3 is 0 Å². The fourth-order valence-corrected chi connectivity index (χ4v) is 3.39. The molecular weight excluding hydrogens is 290 g/mol. The first-order valence-corrected chi connectivity index (χ1v) is 8.75. The normalized spacial score (nSPS) is 22.3. The van der Waals surface area contributed by atoms with Crippen LogP contribution < -0.4 is 10.1 Å². The van der Waals surface area contributed by atoms with Gasteiger partial charge in [-0.15, -0.1) is 0 Å². The van der Waals surface area contributed by atoms with Crippen LogP contribution in [0.4, 0.5) is 0 Å². The van der Waals surface area contributed by atoms with E-state index in [9.17, 15) is 4.79 Å². The zero-order chi connectivity index (χ0) is 16.1. The standard InChI is InChI=1S/C18H27N3O2/c1-2-12-23-17-5-3-4-15(13-17)18(22)21-9-6-16(14-21)20-10-7-19-8-11-20/h3-5,13,16,19H,2,6-12,14H2,1H3. The number of benzene rings is 1. The maximum atomic E-state index is 12.7. The van der Waals surface area contributed by atoms with Crippen molar-refractivity contribution in [3.8, 4) is 5.75 Å². The lowest BCUT2D eigenvalue weighted by Crippen LogP contribution is -2.49. The van der Waals surface area contributed by atoms with E-state index in [1.807, 2.05) is 29.2 Å². The van der Waals surface area contributed by atoms with Crippen LogP contribution in [0.2, 0.25) is 0 Å². The van der Waals surface area contributed by atoms with E-state index < -0.39 is 0 Å². The van der Waals surface area contributed by atoms with Gasteiger partial charge in [0.25, 0.3) is 5.91 Å². The van der Waals surface area contributed by atoms with Crippen LogP contribution in [0.15, 0.2) is 24.3 Å². The highest BCUT2D eigenvalue weighted by Gasteiger charge is 2.31. The molecule has 1 amide bonds. The Morgan fingerprint density at radius 3 is 2.91 bits per heavy atom. The van der Waals surface area contributed by atoms with Crippen molar-refractivity contribution in [3.05, 3.63) is 29.8 Å². The number of likely N-dealkylation sites (tertiary alicyclic amines) is 1. The van der Waals surface area contributed by atoms with Gasteiger partial charge in [0.15, 0.2) is 0 Å². The van der Waals surface area contributed by atoms with Crippen molar-refractivity contribution in [2.24, 2.45) is 0 Å². The third kappa shape index (κ3) is 4.03. The maximum Gasteiger partial charge on any atom is 0.254 e. The van der Waals surface area contributed by atoms with Crippen LogP contribution >= 0.6 is 0 Å². The monoisotopic (exact) mass is 317 g/mol. The molecule has 5 heteroatoms. The molecule has 5 nitrogen and oxygen atoms in total. The fourth-order valence-electron chi connectivity index (χ4n) is 3.39. The van der Waals surface area contributed by atoms with Gasteiger partial charge in [-0.25, -0.2) is 0 Å². The Morgan fingerprint density at radius 2 is 2.13 bits per heavy atom. The van der Waals surface area contributed by atoms with Crippen molar-refractivity contribution < 1.29 is 9.53 Å². The fraction of sp³-hybridized carbons (Fsp3) is 0.611. The highest BCUT2D eigenvalue weighted by atomic mass is 16.5. The van der Waals surface area contributed by atoms with Crippen LogP contribution in [0.5, 0.6) is 5.75 Å². The molecule has 2 aliphatic rings. The van der Waals surface area contributed by atoms with E-state index in [1.165, 1.54) is 0 Å². The molecule has 1 aromatic rings. The molecule has 2 fully saturated rings. The van der Waals surface area contributed by atoms with Gasteiger partial charge < -0.3 is 15.0 Å². The van der Waals surface area contributed by atoms with Crippen LogP contribution in [0.1, 0.15) is 30.1 Å². The number of hydrogen-bond donors (Lipinski definition) is 1. The predicted octanol–water partition coefficient (Wildman–Crippen LogP) is 1.60. The third-order valence-electron chi connectivity index (χ3n) is 4.67. The van der Waals surface area contributed by atoms with Crippen molar-refractivity contribution in [1.82, 2.24) is 15.1 Å². The van der Waals surface area contributed by atoms with Gasteiger partial charge in [-0.2, -0.15) is 0 Å². The van der Waals surface area contributed by atoms with Gasteiger partial charge in [0.1, 0.15) is 5.75 Å². The van der Waals surface area contributed by atoms with Crippen LogP contribution in [0, 0.1) is 0 Å². The average Bonchev–Trinajstić information content (AvgIpc) is 3.10. The van der Waals surface area contributed by atoms with Gasteiger partial charge in [-0.05, 0) is 31.0 Å². The third-order valence-corrected chi connectivity index (χ3v) is 4.67. The minimum absolute atomic E-state index is 0.129. The Balaban J connectivity index is 1.60. The Kier molecular flexibility index (Phi) is 5.51. The second-order valence-corrected chi connectivity index (χ2v) is 6.36. The number of hydrogen-bond acceptors (Lipinski definition) is 4. The molecule has 1 N–H and O–H groups in total. The lowest BCUT2D eigenvalue weighted by molar-refractivity contribution is 0.0773. The minimum atomic E-state index is 0.129. The molecule has 2 heterocycles. The Morgan fingerprint density at radius 1 is 1.30 bits per heavy atom. The quantitative estimate of drug-likeness (QED) is 0.896. The molecule has 3 rings (SSSR count). The van der Waals surface area contributed by atoms with Gasteiger partial charge in [0.05, 0.1) is 6.61 Å². The first-order valence-electron chi connectivity index (χ1n) is 8.75. The molecular formula is C18H27N3O2. The highest BCUT2D eigenvalue weighted by molar-refractivity contribution is 5.94. The molecule has 0 saturated carbocycles. The van der Waals surface area contributed by atoms with Crippen molar-refractivity contribution >= 4 is 5.91 Å². The highest BCUT2D eigenvalue weighted by Crippen LogP contribution is 2.21. The largest absolute Gasteiger partial charge is 0.494 e. The molecule has 1 unspecified atom stereocenters. The van der Waals surface area contributed by atoms with Gasteiger partial charge in [-0.3, -0.25) is 9.69 Å². The second-order valence-electron chi connectivity index (χ2n) is 6.36. The Labute approximate surface area is 138 Å². The molecule has 0 aliphatic carbocycles. The molecule has 2 aliphatic heterocycles. The summed E-state index contributed by atoms with van der Waals surface area (Å²) in [6, 6.07) is 8.10. The van der Waals surface area contributed by atoms with Gasteiger partial charge in [0.2, 0.25) is 0 Å². The summed E-state index contributed by atoms with van der Waals surface area (Å²) in [7, 11) is 0. The number of carbonyl (C=O) groups is 1. The summed E-state index contributed by atoms with van der Waals surface area (Å²) in [6.45, 7) is 8.76. The average molecular weight is 317 g/mol. The minimum Gasteiger partial charge on any atom is -0.494 e. The molecule has 126 valence electrons. The zero-order valence-corrected chi connectivity index (χ0v) is 14.0. The summed E-state index contributed by atoms with van der Waals surface area (Å²) in [5, 5.41) is 3.38. The molecule has 2 saturated heterocycles. The van der Waals surface area contributed by atoms with E-state index in [0.29, 0.717) is 12.6 Å². The van der Waals surface area contributed by atoms with E-state index in [0.717, 1.165) is 63.4 Å². The second kappa shape index (κ2) is 7.79. The molecule has 0 aromatic heterocycles. The molecule has 23 heavy (non-hydrogen) atoms. The number of piperazine rings is 1. The van der Waals surface area contributed by atoms with Gasteiger partial charge in [0, 0.05) is 50.9 Å². The number of rotatable bonds is 5. The topological polar surface area (TPSA) is 44.8 Å². The van der Waals surface area contributed by atoms with E-state index in [-0.39, 0.29) is 5.91 Å². The lowest BCUT2D eigenvalue weighted by Gasteiger charge is -2.32. The maximum absolute atomic E-state index is 12.7. The van der Waals surface area contributed by atoms with Crippen molar-refractivity contribution in [2.75, 3.05) is 45.9 Å². The summed E-state index contributed by atoms with van der Waals surface area (Å²) < 4.78 is 5.64. The smallest absolute Gasteiger partial charge is 0.254 e. The molecule has 0 spiro atoms. The zero-order valence-electron chi connectivity index (χ0n) is 14.0. The van der Waals surface area contributed by atoms with Crippen molar-refractivity contribution in [2.45, 2.75) is 25.8 Å². The summed E-state index contributed by atoms with van der Waals surface area (Å²) in [5.41, 5.74) is 0.736. The molecule has 0 radical (unpaired) electrons. The Hall–Kier alpha value is -1.59.